The van der Waals surface area contributed by atoms with Crippen molar-refractivity contribution in [2.45, 2.75) is 0 Å². The summed E-state index contributed by atoms with van der Waals surface area (Å²) in [6.45, 7) is 0.408. The molecule has 3 heterocycles. The minimum absolute atomic E-state index is 0.0785. The maximum Gasteiger partial charge on any atom is 0.331 e. The van der Waals surface area contributed by atoms with Gasteiger partial charge in [-0.1, -0.05) is 18.2 Å². The third kappa shape index (κ3) is 5.28. The molecule has 1 amide bonds. The minimum atomic E-state index is -0.691. The zero-order chi connectivity index (χ0) is 27.5. The number of para-hydroxylation sites is 1. The number of benzene rings is 3. The van der Waals surface area contributed by atoms with Crippen LogP contribution < -0.4 is 19.5 Å². The summed E-state index contributed by atoms with van der Waals surface area (Å²) in [5, 5.41) is 7.40. The van der Waals surface area contributed by atoms with Gasteiger partial charge in [-0.3, -0.25) is 9.59 Å². The standard InChI is InChI=1S/C30H23N3O7/c34-24(19-6-9-25-23(14-19)31-28(35)18-39-25)17-40-29(36)11-8-21-16-33(22-4-2-1-3-5-22)32-30(21)20-7-10-26-27(15-20)38-13-12-37-26/h1-11,14-16H,12-13,17-18H2,(H,31,35). The zero-order valence-corrected chi connectivity index (χ0v) is 21.2. The maximum absolute atomic E-state index is 12.6. The molecule has 0 unspecified atom stereocenters. The second-order valence-corrected chi connectivity index (χ2v) is 8.98. The molecule has 2 aliphatic rings. The molecular weight excluding hydrogens is 514 g/mol. The van der Waals surface area contributed by atoms with Gasteiger partial charge in [0.15, 0.2) is 30.5 Å². The minimum Gasteiger partial charge on any atom is -0.486 e. The number of aromatic nitrogens is 2. The van der Waals surface area contributed by atoms with Crippen molar-refractivity contribution < 1.29 is 33.3 Å². The van der Waals surface area contributed by atoms with E-state index in [1.165, 1.54) is 12.1 Å². The van der Waals surface area contributed by atoms with Crippen molar-refractivity contribution >= 4 is 29.4 Å². The molecule has 40 heavy (non-hydrogen) atoms. The average molecular weight is 538 g/mol. The Morgan fingerprint density at radius 1 is 0.950 bits per heavy atom. The number of ketones is 1. The lowest BCUT2D eigenvalue weighted by atomic mass is 10.1. The lowest BCUT2D eigenvalue weighted by Crippen LogP contribution is -2.25. The molecule has 0 bridgehead atoms. The fraction of sp³-hybridized carbons (Fsp3) is 0.133. The Bertz CT molecular complexity index is 1640. The van der Waals surface area contributed by atoms with E-state index in [0.29, 0.717) is 47.4 Å². The van der Waals surface area contributed by atoms with E-state index in [0.717, 1.165) is 11.3 Å². The van der Waals surface area contributed by atoms with Crippen LogP contribution in [-0.4, -0.2) is 53.9 Å². The number of fused-ring (bicyclic) bond motifs is 2. The van der Waals surface area contributed by atoms with Crippen molar-refractivity contribution in [2.24, 2.45) is 0 Å². The van der Waals surface area contributed by atoms with Crippen molar-refractivity contribution in [3.8, 4) is 34.2 Å². The lowest BCUT2D eigenvalue weighted by molar-refractivity contribution is -0.136. The molecule has 200 valence electrons. The Kier molecular flexibility index (Phi) is 6.72. The molecule has 1 aromatic heterocycles. The summed E-state index contributed by atoms with van der Waals surface area (Å²) >= 11 is 0. The summed E-state index contributed by atoms with van der Waals surface area (Å²) in [4.78, 5) is 36.7. The number of nitrogens with one attached hydrogen (secondary N) is 1. The number of Topliss-reactive ketones (excluding diaryl/α,β-unsaturated/α-hetero) is 1. The molecule has 2 aliphatic heterocycles. The van der Waals surface area contributed by atoms with Crippen molar-refractivity contribution in [3.05, 3.63) is 90.1 Å². The molecule has 0 atom stereocenters. The van der Waals surface area contributed by atoms with Crippen LogP contribution in [0.1, 0.15) is 15.9 Å². The molecular formula is C30H23N3O7. The molecule has 0 aliphatic carbocycles. The van der Waals surface area contributed by atoms with Crippen molar-refractivity contribution in [1.29, 1.82) is 0 Å². The van der Waals surface area contributed by atoms with Gasteiger partial charge in [0.05, 0.1) is 11.4 Å². The molecule has 10 heteroatoms. The van der Waals surface area contributed by atoms with Crippen LogP contribution in [0.15, 0.2) is 79.0 Å². The molecule has 0 radical (unpaired) electrons. The number of hydrogen-bond donors (Lipinski definition) is 1. The summed E-state index contributed by atoms with van der Waals surface area (Å²) < 4.78 is 23.6. The second-order valence-electron chi connectivity index (χ2n) is 8.98. The SMILES string of the molecule is O=C1COc2ccc(C(=O)COC(=O)C=Cc3cn(-c4ccccc4)nc3-c3ccc4c(c3)OCCO4)cc2N1. The van der Waals surface area contributed by atoms with Crippen molar-refractivity contribution in [1.82, 2.24) is 9.78 Å². The first kappa shape index (κ1) is 24.9. The zero-order valence-electron chi connectivity index (χ0n) is 21.2. The molecule has 0 fully saturated rings. The van der Waals surface area contributed by atoms with E-state index >= 15 is 0 Å². The van der Waals surface area contributed by atoms with Gasteiger partial charge >= 0.3 is 5.97 Å². The van der Waals surface area contributed by atoms with Crippen LogP contribution in [0, 0.1) is 0 Å². The number of ether oxygens (including phenoxy) is 4. The third-order valence-electron chi connectivity index (χ3n) is 6.26. The predicted molar refractivity (Wildman–Crippen MR) is 145 cm³/mol. The Labute approximate surface area is 228 Å². The van der Waals surface area contributed by atoms with Gasteiger partial charge in [-0.2, -0.15) is 5.10 Å². The molecule has 0 saturated heterocycles. The van der Waals surface area contributed by atoms with Crippen LogP contribution in [-0.2, 0) is 14.3 Å². The van der Waals surface area contributed by atoms with E-state index in [1.54, 1.807) is 29.1 Å². The molecule has 0 saturated carbocycles. The number of rotatable bonds is 7. The number of carbonyl (C=O) groups excluding carboxylic acids is 3. The fourth-order valence-corrected chi connectivity index (χ4v) is 4.32. The molecule has 1 N–H and O–H groups in total. The third-order valence-corrected chi connectivity index (χ3v) is 6.26. The molecule has 6 rings (SSSR count). The van der Waals surface area contributed by atoms with Crippen LogP contribution >= 0.6 is 0 Å². The van der Waals surface area contributed by atoms with E-state index in [1.807, 2.05) is 48.5 Å². The van der Waals surface area contributed by atoms with Crippen LogP contribution in [0.3, 0.4) is 0 Å². The van der Waals surface area contributed by atoms with Gasteiger partial charge < -0.3 is 24.3 Å². The van der Waals surface area contributed by atoms with E-state index in [2.05, 4.69) is 5.32 Å². The monoisotopic (exact) mass is 537 g/mol. The Morgan fingerprint density at radius 3 is 2.60 bits per heavy atom. The van der Waals surface area contributed by atoms with Crippen LogP contribution in [0.5, 0.6) is 17.2 Å². The number of anilines is 1. The summed E-state index contributed by atoms with van der Waals surface area (Å²) in [7, 11) is 0. The summed E-state index contributed by atoms with van der Waals surface area (Å²) in [6.07, 6.45) is 4.65. The fourth-order valence-electron chi connectivity index (χ4n) is 4.32. The highest BCUT2D eigenvalue weighted by atomic mass is 16.6. The topological polar surface area (TPSA) is 118 Å². The Hall–Kier alpha value is -5.38. The quantitative estimate of drug-likeness (QED) is 0.213. The molecule has 3 aromatic carbocycles. The first-order valence-corrected chi connectivity index (χ1v) is 12.5. The first-order valence-electron chi connectivity index (χ1n) is 12.5. The highest BCUT2D eigenvalue weighted by Crippen LogP contribution is 2.35. The number of amides is 1. The van der Waals surface area contributed by atoms with Crippen LogP contribution in [0.4, 0.5) is 5.69 Å². The number of nitrogens with zero attached hydrogens (tertiary/aromatic N) is 2. The summed E-state index contributed by atoms with van der Waals surface area (Å²) in [6, 6.07) is 19.8. The Morgan fingerprint density at radius 2 is 1.75 bits per heavy atom. The smallest absolute Gasteiger partial charge is 0.331 e. The van der Waals surface area contributed by atoms with E-state index in [9.17, 15) is 14.4 Å². The lowest BCUT2D eigenvalue weighted by Gasteiger charge is -2.18. The average Bonchev–Trinajstić information content (AvgIpc) is 3.43. The number of carbonyl (C=O) groups is 3. The first-order chi connectivity index (χ1) is 19.5. The maximum atomic E-state index is 12.6. The number of esters is 1. The van der Waals surface area contributed by atoms with E-state index < -0.39 is 18.4 Å². The van der Waals surface area contributed by atoms with Gasteiger partial charge in [0.1, 0.15) is 24.7 Å². The van der Waals surface area contributed by atoms with Gasteiger partial charge in [0.2, 0.25) is 0 Å². The highest BCUT2D eigenvalue weighted by molar-refractivity contribution is 6.02. The van der Waals surface area contributed by atoms with Crippen molar-refractivity contribution in [3.63, 3.8) is 0 Å². The van der Waals surface area contributed by atoms with Crippen LogP contribution in [0.25, 0.3) is 23.0 Å². The summed E-state index contributed by atoms with van der Waals surface area (Å²) in [5.74, 6) is 0.346. The van der Waals surface area contributed by atoms with Gasteiger partial charge in [-0.15, -0.1) is 0 Å². The highest BCUT2D eigenvalue weighted by Gasteiger charge is 2.19. The van der Waals surface area contributed by atoms with Gasteiger partial charge in [-0.05, 0) is 54.6 Å². The van der Waals surface area contributed by atoms with Crippen LogP contribution in [0.2, 0.25) is 0 Å². The predicted octanol–water partition coefficient (Wildman–Crippen LogP) is 4.08. The van der Waals surface area contributed by atoms with Gasteiger partial charge in [-0.25, -0.2) is 9.48 Å². The van der Waals surface area contributed by atoms with E-state index in [4.69, 9.17) is 24.0 Å². The normalized spacial score (nSPS) is 13.8. The molecule has 4 aromatic rings. The van der Waals surface area contributed by atoms with Crippen molar-refractivity contribution in [2.75, 3.05) is 31.7 Å². The van der Waals surface area contributed by atoms with Gasteiger partial charge in [0.25, 0.3) is 5.91 Å². The molecule has 0 spiro atoms. The molecule has 10 nitrogen and oxygen atoms in total. The number of hydrogen-bond acceptors (Lipinski definition) is 8. The largest absolute Gasteiger partial charge is 0.486 e. The summed E-state index contributed by atoms with van der Waals surface area (Å²) in [5.41, 5.74) is 3.60. The van der Waals surface area contributed by atoms with E-state index in [-0.39, 0.29) is 18.1 Å². The Balaban J connectivity index is 1.19. The van der Waals surface area contributed by atoms with Gasteiger partial charge in [0, 0.05) is 29.0 Å². The second kappa shape index (κ2) is 10.8.